The molecule has 0 fully saturated rings. The lowest BCUT2D eigenvalue weighted by Gasteiger charge is -2.22. The highest BCUT2D eigenvalue weighted by Crippen LogP contribution is 2.29. The van der Waals surface area contributed by atoms with Crippen LogP contribution in [0.25, 0.3) is 5.65 Å². The quantitative estimate of drug-likeness (QED) is 0.282. The summed E-state index contributed by atoms with van der Waals surface area (Å²) in [6.07, 6.45) is 1.22. The fourth-order valence-electron chi connectivity index (χ4n) is 3.62. The van der Waals surface area contributed by atoms with E-state index in [9.17, 15) is 27.5 Å². The van der Waals surface area contributed by atoms with Gasteiger partial charge in [0.1, 0.15) is 23.9 Å². The van der Waals surface area contributed by atoms with Gasteiger partial charge in [0.2, 0.25) is 0 Å². The first-order valence-corrected chi connectivity index (χ1v) is 10.4. The van der Waals surface area contributed by atoms with Crippen LogP contribution in [0.4, 0.5) is 17.6 Å². The molecule has 13 heteroatoms. The fraction of sp³-hybridized carbons (Fsp3) is 0.318. The van der Waals surface area contributed by atoms with Crippen LogP contribution in [0.3, 0.4) is 0 Å². The standard InChI is InChI=1S/C22H20F4N6O3/c1-12-18(16(34)9-22(2,11-33)20-28-30-32(29-20)21(25)26)31-8-4-7-17(19(31)27-12)35-10-13-14(23)5-3-6-15(13)24/h3-8,21,33H,9-11H2,1-2H3/t22-/m0/s1. The first kappa shape index (κ1) is 24.3. The number of hydrogen-bond acceptors (Lipinski definition) is 7. The van der Waals surface area contributed by atoms with Gasteiger partial charge in [0.05, 0.1) is 23.3 Å². The molecule has 0 bridgehead atoms. The van der Waals surface area contributed by atoms with Gasteiger partial charge >= 0.3 is 6.55 Å². The number of ether oxygens (including phenoxy) is 1. The molecule has 3 aromatic heterocycles. The lowest BCUT2D eigenvalue weighted by atomic mass is 9.84. The van der Waals surface area contributed by atoms with Crippen LogP contribution >= 0.6 is 0 Å². The number of alkyl halides is 2. The van der Waals surface area contributed by atoms with Gasteiger partial charge in [-0.2, -0.15) is 8.78 Å². The number of aryl methyl sites for hydroxylation is 1. The summed E-state index contributed by atoms with van der Waals surface area (Å²) in [6.45, 7) is -0.990. The molecule has 0 aliphatic carbocycles. The number of hydrogen-bond donors (Lipinski definition) is 1. The molecule has 9 nitrogen and oxygen atoms in total. The molecule has 0 saturated heterocycles. The van der Waals surface area contributed by atoms with E-state index in [0.29, 0.717) is 5.69 Å². The van der Waals surface area contributed by atoms with Gasteiger partial charge in [0, 0.05) is 12.6 Å². The SMILES string of the molecule is Cc1nc2c(OCc3c(F)cccc3F)cccn2c1C(=O)C[C@@](C)(CO)c1nnn(C(F)F)n1. The molecular weight excluding hydrogens is 472 g/mol. The van der Waals surface area contributed by atoms with Crippen LogP contribution in [0, 0.1) is 18.6 Å². The molecule has 0 aliphatic rings. The number of Topliss-reactive ketones (excluding diaryl/α,β-unsaturated/α-hetero) is 1. The average Bonchev–Trinajstić information content (AvgIpc) is 3.44. The summed E-state index contributed by atoms with van der Waals surface area (Å²) >= 11 is 0. The Morgan fingerprint density at radius 2 is 1.91 bits per heavy atom. The average molecular weight is 492 g/mol. The zero-order valence-electron chi connectivity index (χ0n) is 18.6. The third-order valence-electron chi connectivity index (χ3n) is 5.53. The van der Waals surface area contributed by atoms with Crippen molar-refractivity contribution in [3.8, 4) is 5.75 Å². The molecule has 4 rings (SSSR count). The summed E-state index contributed by atoms with van der Waals surface area (Å²) in [4.78, 5) is 17.7. The van der Waals surface area contributed by atoms with E-state index in [1.165, 1.54) is 17.4 Å². The number of aliphatic hydroxyl groups is 1. The van der Waals surface area contributed by atoms with Crippen molar-refractivity contribution in [2.75, 3.05) is 6.61 Å². The first-order valence-electron chi connectivity index (χ1n) is 10.4. The van der Waals surface area contributed by atoms with Crippen molar-refractivity contribution in [2.45, 2.75) is 38.8 Å². The number of carbonyl (C=O) groups excluding carboxylic acids is 1. The lowest BCUT2D eigenvalue weighted by molar-refractivity contribution is 0.0388. The molecule has 1 N–H and O–H groups in total. The smallest absolute Gasteiger partial charge is 0.350 e. The maximum Gasteiger partial charge on any atom is 0.350 e. The Balaban J connectivity index is 1.63. The Hall–Kier alpha value is -3.87. The predicted octanol–water partition coefficient (Wildman–Crippen LogP) is 3.40. The zero-order valence-corrected chi connectivity index (χ0v) is 18.6. The minimum atomic E-state index is -3.02. The van der Waals surface area contributed by atoms with Gasteiger partial charge in [-0.15, -0.1) is 10.2 Å². The molecule has 4 aromatic rings. The van der Waals surface area contributed by atoms with Gasteiger partial charge in [-0.3, -0.25) is 9.20 Å². The molecular formula is C22H20F4N6O3. The van der Waals surface area contributed by atoms with Crippen molar-refractivity contribution in [3.63, 3.8) is 0 Å². The van der Waals surface area contributed by atoms with Crippen molar-refractivity contribution < 1.29 is 32.2 Å². The molecule has 3 heterocycles. The van der Waals surface area contributed by atoms with Crippen LogP contribution in [0.15, 0.2) is 36.5 Å². The van der Waals surface area contributed by atoms with E-state index in [1.54, 1.807) is 25.3 Å². The van der Waals surface area contributed by atoms with Crippen LogP contribution in [-0.2, 0) is 12.0 Å². The van der Waals surface area contributed by atoms with E-state index in [2.05, 4.69) is 20.4 Å². The van der Waals surface area contributed by atoms with Gasteiger partial charge < -0.3 is 9.84 Å². The fourth-order valence-corrected chi connectivity index (χ4v) is 3.62. The van der Waals surface area contributed by atoms with Crippen molar-refractivity contribution >= 4 is 11.4 Å². The number of nitrogens with zero attached hydrogens (tertiary/aromatic N) is 6. The molecule has 35 heavy (non-hydrogen) atoms. The predicted molar refractivity (Wildman–Crippen MR) is 113 cm³/mol. The Labute approximate surface area is 196 Å². The van der Waals surface area contributed by atoms with E-state index in [-0.39, 0.29) is 39.7 Å². The van der Waals surface area contributed by atoms with Crippen LogP contribution in [0.1, 0.15) is 47.5 Å². The number of aliphatic hydroxyl groups excluding tert-OH is 1. The Kier molecular flexibility index (Phi) is 6.52. The lowest BCUT2D eigenvalue weighted by Crippen LogP contribution is -2.32. The second kappa shape index (κ2) is 9.41. The molecule has 184 valence electrons. The number of pyridine rings is 1. The second-order valence-corrected chi connectivity index (χ2v) is 8.13. The van der Waals surface area contributed by atoms with Gasteiger partial charge in [-0.05, 0) is 43.3 Å². The number of benzene rings is 1. The van der Waals surface area contributed by atoms with E-state index >= 15 is 0 Å². The molecule has 0 unspecified atom stereocenters. The van der Waals surface area contributed by atoms with Gasteiger partial charge in [0.25, 0.3) is 0 Å². The maximum absolute atomic E-state index is 14.0. The van der Waals surface area contributed by atoms with E-state index < -0.39 is 42.6 Å². The van der Waals surface area contributed by atoms with Crippen molar-refractivity contribution in [1.29, 1.82) is 0 Å². The summed E-state index contributed by atoms with van der Waals surface area (Å²) in [5.74, 6) is -2.02. The van der Waals surface area contributed by atoms with E-state index in [4.69, 9.17) is 4.74 Å². The minimum absolute atomic E-state index is 0.0925. The highest BCUT2D eigenvalue weighted by Gasteiger charge is 2.36. The molecule has 0 amide bonds. The van der Waals surface area contributed by atoms with Crippen LogP contribution in [0.5, 0.6) is 5.75 Å². The van der Waals surface area contributed by atoms with Crippen LogP contribution in [0.2, 0.25) is 0 Å². The van der Waals surface area contributed by atoms with Gasteiger partial charge in [-0.1, -0.05) is 10.9 Å². The molecule has 0 radical (unpaired) electrons. The van der Waals surface area contributed by atoms with Gasteiger partial charge in [-0.25, -0.2) is 13.8 Å². The topological polar surface area (TPSA) is 107 Å². The van der Waals surface area contributed by atoms with Crippen molar-refractivity contribution in [2.24, 2.45) is 0 Å². The highest BCUT2D eigenvalue weighted by atomic mass is 19.3. The van der Waals surface area contributed by atoms with Crippen LogP contribution < -0.4 is 4.74 Å². The second-order valence-electron chi connectivity index (χ2n) is 8.13. The number of ketones is 1. The highest BCUT2D eigenvalue weighted by molar-refractivity contribution is 5.97. The minimum Gasteiger partial charge on any atom is -0.485 e. The number of imidazole rings is 1. The van der Waals surface area contributed by atoms with Gasteiger partial charge in [0.15, 0.2) is 23.0 Å². The maximum atomic E-state index is 14.0. The zero-order chi connectivity index (χ0) is 25.3. The summed E-state index contributed by atoms with van der Waals surface area (Å²) in [5.41, 5.74) is -0.928. The van der Waals surface area contributed by atoms with E-state index in [1.807, 2.05) is 0 Å². The number of fused-ring (bicyclic) bond motifs is 1. The molecule has 0 saturated carbocycles. The Morgan fingerprint density at radius 3 is 2.54 bits per heavy atom. The first-order chi connectivity index (χ1) is 16.6. The largest absolute Gasteiger partial charge is 0.485 e. The molecule has 1 atom stereocenters. The Morgan fingerprint density at radius 1 is 1.20 bits per heavy atom. The normalized spacial score (nSPS) is 13.4. The van der Waals surface area contributed by atoms with Crippen molar-refractivity contribution in [1.82, 2.24) is 29.6 Å². The number of halogens is 4. The van der Waals surface area contributed by atoms with Crippen LogP contribution in [-0.4, -0.2) is 47.1 Å². The number of tetrazole rings is 1. The number of rotatable bonds is 9. The van der Waals surface area contributed by atoms with E-state index in [0.717, 1.165) is 12.1 Å². The number of aromatic nitrogens is 6. The molecule has 0 aliphatic heterocycles. The summed E-state index contributed by atoms with van der Waals surface area (Å²) < 4.78 is 60.7. The Bertz CT molecular complexity index is 1370. The monoisotopic (exact) mass is 492 g/mol. The molecule has 0 spiro atoms. The third kappa shape index (κ3) is 4.58. The third-order valence-corrected chi connectivity index (χ3v) is 5.53. The molecule has 1 aromatic carbocycles. The summed E-state index contributed by atoms with van der Waals surface area (Å²) in [7, 11) is 0. The number of carbonyl (C=O) groups is 1. The summed E-state index contributed by atoms with van der Waals surface area (Å²) in [6, 6.07) is 6.59. The summed E-state index contributed by atoms with van der Waals surface area (Å²) in [5, 5.41) is 20.3. The van der Waals surface area contributed by atoms with Crippen molar-refractivity contribution in [3.05, 3.63) is 70.9 Å².